The maximum Gasteiger partial charge on any atom is 0.0677 e. The number of ether oxygens (including phenoxy) is 1. The summed E-state index contributed by atoms with van der Waals surface area (Å²) in [4.78, 5) is 0. The molecule has 1 fully saturated rings. The average molecular weight is 215 g/mol. The molecule has 0 aliphatic heterocycles. The van der Waals surface area contributed by atoms with E-state index in [1.807, 2.05) is 0 Å². The molecule has 0 aromatic heterocycles. The first kappa shape index (κ1) is 12.9. The zero-order valence-corrected chi connectivity index (χ0v) is 10.4. The van der Waals surface area contributed by atoms with Crippen LogP contribution in [0.2, 0.25) is 0 Å². The molecule has 15 heavy (non-hydrogen) atoms. The first-order chi connectivity index (χ1) is 6.79. The summed E-state index contributed by atoms with van der Waals surface area (Å²) in [6.45, 7) is 9.43. The van der Waals surface area contributed by atoms with Crippen LogP contribution in [0.3, 0.4) is 0 Å². The van der Waals surface area contributed by atoms with Crippen LogP contribution < -0.4 is 5.73 Å². The zero-order valence-electron chi connectivity index (χ0n) is 10.4. The van der Waals surface area contributed by atoms with Gasteiger partial charge in [-0.25, -0.2) is 0 Å². The van der Waals surface area contributed by atoms with Crippen molar-refractivity contribution in [3.63, 3.8) is 0 Å². The Bertz CT molecular complexity index is 198. The molecule has 1 rings (SSSR count). The van der Waals surface area contributed by atoms with E-state index in [9.17, 15) is 0 Å². The predicted molar refractivity (Wildman–Crippen MR) is 61.6 cm³/mol. The Morgan fingerprint density at radius 3 is 2.13 bits per heavy atom. The van der Waals surface area contributed by atoms with E-state index in [1.165, 1.54) is 12.8 Å². The highest BCUT2D eigenvalue weighted by atomic mass is 16.5. The normalized spacial score (nSPS) is 26.8. The van der Waals surface area contributed by atoms with Gasteiger partial charge in [-0.1, -0.05) is 27.7 Å². The van der Waals surface area contributed by atoms with E-state index < -0.39 is 0 Å². The predicted octanol–water partition coefficient (Wildman–Crippen LogP) is 1.54. The molecule has 3 nitrogen and oxygen atoms in total. The van der Waals surface area contributed by atoms with Gasteiger partial charge >= 0.3 is 0 Å². The average Bonchev–Trinajstić information content (AvgIpc) is 2.34. The van der Waals surface area contributed by atoms with Crippen LogP contribution in [0.4, 0.5) is 0 Å². The molecule has 1 atom stereocenters. The molecule has 1 aliphatic rings. The van der Waals surface area contributed by atoms with Crippen molar-refractivity contribution in [3.05, 3.63) is 0 Å². The van der Waals surface area contributed by atoms with E-state index in [-0.39, 0.29) is 29.6 Å². The van der Waals surface area contributed by atoms with E-state index in [0.29, 0.717) is 6.61 Å². The van der Waals surface area contributed by atoms with Crippen LogP contribution in [-0.4, -0.2) is 30.5 Å². The van der Waals surface area contributed by atoms with Crippen LogP contribution in [-0.2, 0) is 4.74 Å². The fourth-order valence-electron chi connectivity index (χ4n) is 2.69. The summed E-state index contributed by atoms with van der Waals surface area (Å²) in [7, 11) is 0. The molecular formula is C12H25NO2. The molecule has 1 unspecified atom stereocenters. The molecule has 3 heteroatoms. The highest BCUT2D eigenvalue weighted by molar-refractivity contribution is 4.97. The third-order valence-electron chi connectivity index (χ3n) is 3.54. The van der Waals surface area contributed by atoms with E-state index in [2.05, 4.69) is 27.7 Å². The van der Waals surface area contributed by atoms with Gasteiger partial charge in [0.2, 0.25) is 0 Å². The number of hydrogen-bond acceptors (Lipinski definition) is 3. The summed E-state index contributed by atoms with van der Waals surface area (Å²) in [5, 5.41) is 8.86. The Balaban J connectivity index is 2.57. The van der Waals surface area contributed by atoms with Crippen molar-refractivity contribution in [1.29, 1.82) is 0 Å². The highest BCUT2D eigenvalue weighted by Crippen LogP contribution is 2.50. The van der Waals surface area contributed by atoms with Crippen molar-refractivity contribution in [3.8, 4) is 0 Å². The van der Waals surface area contributed by atoms with E-state index in [1.54, 1.807) is 0 Å². The van der Waals surface area contributed by atoms with Gasteiger partial charge in [-0.15, -0.1) is 0 Å². The monoisotopic (exact) mass is 215 g/mol. The summed E-state index contributed by atoms with van der Waals surface area (Å²) >= 11 is 0. The van der Waals surface area contributed by atoms with Crippen LogP contribution in [0, 0.1) is 10.8 Å². The second-order valence-corrected chi connectivity index (χ2v) is 6.13. The topological polar surface area (TPSA) is 55.5 Å². The quantitative estimate of drug-likeness (QED) is 0.748. The summed E-state index contributed by atoms with van der Waals surface area (Å²) in [5.74, 6) is 0. The van der Waals surface area contributed by atoms with Crippen molar-refractivity contribution < 1.29 is 9.84 Å². The number of hydrogen-bond donors (Lipinski definition) is 2. The van der Waals surface area contributed by atoms with Gasteiger partial charge < -0.3 is 15.6 Å². The Morgan fingerprint density at radius 2 is 1.73 bits per heavy atom. The first-order valence-electron chi connectivity index (χ1n) is 5.77. The summed E-state index contributed by atoms with van der Waals surface area (Å²) in [6, 6.07) is -0.253. The molecule has 3 N–H and O–H groups in total. The standard InChI is InChI=1S/C12H25NO2/c1-11(2)5-6-12(3,4)10(11)15-8-9(13)7-14/h9-10,14H,5-8,13H2,1-4H3. The minimum atomic E-state index is -0.253. The van der Waals surface area contributed by atoms with Crippen LogP contribution >= 0.6 is 0 Å². The third-order valence-corrected chi connectivity index (χ3v) is 3.54. The van der Waals surface area contributed by atoms with Gasteiger partial charge in [0, 0.05) is 0 Å². The van der Waals surface area contributed by atoms with Crippen LogP contribution in [0.25, 0.3) is 0 Å². The van der Waals surface area contributed by atoms with Crippen LogP contribution in [0.1, 0.15) is 40.5 Å². The third kappa shape index (κ3) is 2.92. The minimum absolute atomic E-state index is 0.00637. The van der Waals surface area contributed by atoms with Gasteiger partial charge in [-0.3, -0.25) is 0 Å². The Morgan fingerprint density at radius 1 is 1.27 bits per heavy atom. The number of nitrogens with two attached hydrogens (primary N) is 1. The van der Waals surface area contributed by atoms with Gasteiger partial charge in [0.1, 0.15) is 0 Å². The molecule has 0 spiro atoms. The molecule has 0 heterocycles. The van der Waals surface area contributed by atoms with Crippen LogP contribution in [0.5, 0.6) is 0 Å². The minimum Gasteiger partial charge on any atom is -0.395 e. The lowest BCUT2D eigenvalue weighted by Crippen LogP contribution is -2.40. The summed E-state index contributed by atoms with van der Waals surface area (Å²) in [6.07, 6.45) is 2.63. The Kier molecular flexibility index (Phi) is 3.80. The second kappa shape index (κ2) is 4.40. The van der Waals surface area contributed by atoms with E-state index in [4.69, 9.17) is 15.6 Å². The number of rotatable bonds is 4. The molecule has 0 aromatic carbocycles. The fourth-order valence-corrected chi connectivity index (χ4v) is 2.69. The molecule has 0 radical (unpaired) electrons. The summed E-state index contributed by atoms with van der Waals surface area (Å²) < 4.78 is 5.90. The van der Waals surface area contributed by atoms with Gasteiger partial charge in [-0.05, 0) is 23.7 Å². The van der Waals surface area contributed by atoms with Crippen molar-refractivity contribution in [2.45, 2.75) is 52.7 Å². The van der Waals surface area contributed by atoms with Crippen molar-refractivity contribution in [2.75, 3.05) is 13.2 Å². The van der Waals surface area contributed by atoms with E-state index >= 15 is 0 Å². The van der Waals surface area contributed by atoms with E-state index in [0.717, 1.165) is 0 Å². The number of aliphatic hydroxyl groups is 1. The molecule has 0 amide bonds. The number of aliphatic hydroxyl groups excluding tert-OH is 1. The summed E-state index contributed by atoms with van der Waals surface area (Å²) in [5.41, 5.74) is 6.10. The second-order valence-electron chi connectivity index (χ2n) is 6.13. The van der Waals surface area contributed by atoms with Crippen molar-refractivity contribution >= 4 is 0 Å². The zero-order chi connectivity index (χ0) is 11.7. The molecule has 0 saturated heterocycles. The van der Waals surface area contributed by atoms with Gasteiger partial charge in [-0.2, -0.15) is 0 Å². The largest absolute Gasteiger partial charge is 0.395 e. The van der Waals surface area contributed by atoms with Crippen molar-refractivity contribution in [2.24, 2.45) is 16.6 Å². The van der Waals surface area contributed by atoms with Gasteiger partial charge in [0.25, 0.3) is 0 Å². The lowest BCUT2D eigenvalue weighted by Gasteiger charge is -2.35. The van der Waals surface area contributed by atoms with Gasteiger partial charge in [0.15, 0.2) is 0 Å². The molecule has 0 aromatic rings. The molecule has 90 valence electrons. The molecule has 1 aliphatic carbocycles. The molecule has 1 saturated carbocycles. The Labute approximate surface area is 93.0 Å². The molecule has 0 bridgehead atoms. The maximum atomic E-state index is 8.86. The van der Waals surface area contributed by atoms with Gasteiger partial charge in [0.05, 0.1) is 25.4 Å². The highest BCUT2D eigenvalue weighted by Gasteiger charge is 2.47. The van der Waals surface area contributed by atoms with Crippen LogP contribution in [0.15, 0.2) is 0 Å². The fraction of sp³-hybridized carbons (Fsp3) is 1.00. The van der Waals surface area contributed by atoms with Crippen molar-refractivity contribution in [1.82, 2.24) is 0 Å². The molecular weight excluding hydrogens is 190 g/mol. The SMILES string of the molecule is CC1(C)CCC(C)(C)C1OCC(N)CO. The maximum absolute atomic E-state index is 8.86. The lowest BCUT2D eigenvalue weighted by molar-refractivity contribution is -0.0658. The lowest BCUT2D eigenvalue weighted by atomic mass is 9.81. The smallest absolute Gasteiger partial charge is 0.0677 e. The first-order valence-corrected chi connectivity index (χ1v) is 5.77. The Hall–Kier alpha value is -0.120.